The van der Waals surface area contributed by atoms with E-state index in [1.54, 1.807) is 0 Å². The van der Waals surface area contributed by atoms with Crippen LogP contribution >= 0.6 is 0 Å². The number of carbonyl (C=O) groups excluding carboxylic acids is 2. The van der Waals surface area contributed by atoms with E-state index in [0.29, 0.717) is 13.0 Å². The van der Waals surface area contributed by atoms with Gasteiger partial charge >= 0.3 is 12.1 Å². The summed E-state index contributed by atoms with van der Waals surface area (Å²) in [4.78, 5) is 36.1. The Morgan fingerprint density at radius 1 is 1.03 bits per heavy atom. The maximum Gasteiger partial charge on any atom is 0.407 e. The molecule has 168 valence electrons. The number of amides is 2. The standard InChI is InChI=1S/C25H28N2O5/c1-14(2)22(23(28)26-12-15-11-20(15)24(29)30)27-25(31)32-13-21-18-9-5-3-7-16(18)17-8-4-6-10-19(17)21/h3-10,14-15,20-22H,11-13H2,1-2H3,(H,26,28)(H,27,31)(H,29,30)/t15-,20-,22?/m0/s1. The van der Waals surface area contributed by atoms with Crippen molar-refractivity contribution < 1.29 is 24.2 Å². The predicted octanol–water partition coefficient (Wildman–Crippen LogP) is 3.39. The average Bonchev–Trinajstić information content (AvgIpc) is 3.50. The Balaban J connectivity index is 1.34. The molecule has 2 amide bonds. The van der Waals surface area contributed by atoms with Crippen LogP contribution in [0, 0.1) is 17.8 Å². The van der Waals surface area contributed by atoms with Crippen LogP contribution in [-0.2, 0) is 14.3 Å². The first-order chi connectivity index (χ1) is 15.4. The summed E-state index contributed by atoms with van der Waals surface area (Å²) in [6.07, 6.45) is -0.0718. The topological polar surface area (TPSA) is 105 Å². The molecule has 0 heterocycles. The van der Waals surface area contributed by atoms with E-state index in [4.69, 9.17) is 9.84 Å². The van der Waals surface area contributed by atoms with E-state index in [2.05, 4.69) is 22.8 Å². The van der Waals surface area contributed by atoms with Crippen molar-refractivity contribution in [1.82, 2.24) is 10.6 Å². The SMILES string of the molecule is CC(C)C(NC(=O)OCC1c2ccccc2-c2ccccc21)C(=O)NC[C@@H]1C[C@@H]1C(=O)O. The highest BCUT2D eigenvalue weighted by Gasteiger charge is 2.43. The molecule has 3 atom stereocenters. The summed E-state index contributed by atoms with van der Waals surface area (Å²) in [5, 5.41) is 14.4. The molecule has 4 rings (SSSR count). The van der Waals surface area contributed by atoms with E-state index in [9.17, 15) is 14.4 Å². The smallest absolute Gasteiger partial charge is 0.407 e. The number of fused-ring (bicyclic) bond motifs is 3. The monoisotopic (exact) mass is 436 g/mol. The number of carbonyl (C=O) groups is 3. The molecule has 2 aliphatic rings. The number of nitrogens with one attached hydrogen (secondary N) is 2. The van der Waals surface area contributed by atoms with Crippen LogP contribution in [0.25, 0.3) is 11.1 Å². The molecule has 2 aromatic rings. The second kappa shape index (κ2) is 9.02. The Hall–Kier alpha value is -3.35. The summed E-state index contributed by atoms with van der Waals surface area (Å²) in [6.45, 7) is 4.15. The van der Waals surface area contributed by atoms with Crippen molar-refractivity contribution in [2.24, 2.45) is 17.8 Å². The summed E-state index contributed by atoms with van der Waals surface area (Å²) in [6, 6.07) is 15.4. The minimum absolute atomic E-state index is 0.0429. The zero-order chi connectivity index (χ0) is 22.8. The largest absolute Gasteiger partial charge is 0.481 e. The first-order valence-electron chi connectivity index (χ1n) is 11.0. The summed E-state index contributed by atoms with van der Waals surface area (Å²) in [5.41, 5.74) is 4.54. The lowest BCUT2D eigenvalue weighted by atomic mass is 9.98. The van der Waals surface area contributed by atoms with Crippen molar-refractivity contribution in [2.75, 3.05) is 13.2 Å². The van der Waals surface area contributed by atoms with Gasteiger partial charge in [0.1, 0.15) is 12.6 Å². The summed E-state index contributed by atoms with van der Waals surface area (Å²) in [7, 11) is 0. The van der Waals surface area contributed by atoms with Crippen LogP contribution in [0.5, 0.6) is 0 Å². The van der Waals surface area contributed by atoms with Gasteiger partial charge in [0.25, 0.3) is 0 Å². The van der Waals surface area contributed by atoms with Gasteiger partial charge in [-0.15, -0.1) is 0 Å². The van der Waals surface area contributed by atoms with Gasteiger partial charge in [-0.05, 0) is 40.5 Å². The van der Waals surface area contributed by atoms with Crippen LogP contribution in [0.15, 0.2) is 48.5 Å². The predicted molar refractivity (Wildman–Crippen MR) is 119 cm³/mol. The van der Waals surface area contributed by atoms with Crippen LogP contribution in [0.3, 0.4) is 0 Å². The van der Waals surface area contributed by atoms with Crippen molar-refractivity contribution in [3.8, 4) is 11.1 Å². The van der Waals surface area contributed by atoms with Crippen molar-refractivity contribution >= 4 is 18.0 Å². The molecule has 0 aromatic heterocycles. The van der Waals surface area contributed by atoms with Gasteiger partial charge < -0.3 is 20.5 Å². The van der Waals surface area contributed by atoms with Crippen molar-refractivity contribution in [3.05, 3.63) is 59.7 Å². The molecule has 7 nitrogen and oxygen atoms in total. The lowest BCUT2D eigenvalue weighted by Gasteiger charge is -2.22. The Bertz CT molecular complexity index is 989. The Kier molecular flexibility index (Phi) is 6.17. The van der Waals surface area contributed by atoms with Crippen LogP contribution in [0.2, 0.25) is 0 Å². The molecular formula is C25H28N2O5. The fraction of sp³-hybridized carbons (Fsp3) is 0.400. The minimum Gasteiger partial charge on any atom is -0.481 e. The molecular weight excluding hydrogens is 408 g/mol. The van der Waals surface area contributed by atoms with Crippen LogP contribution in [-0.4, -0.2) is 42.3 Å². The summed E-state index contributed by atoms with van der Waals surface area (Å²) < 4.78 is 5.55. The van der Waals surface area contributed by atoms with E-state index in [1.807, 2.05) is 50.2 Å². The quantitative estimate of drug-likeness (QED) is 0.588. The number of aliphatic carboxylic acids is 1. The summed E-state index contributed by atoms with van der Waals surface area (Å²) >= 11 is 0. The average molecular weight is 437 g/mol. The normalized spacial score (nSPS) is 19.6. The van der Waals surface area contributed by atoms with E-state index in [1.165, 1.54) is 0 Å². The maximum absolute atomic E-state index is 12.6. The zero-order valence-corrected chi connectivity index (χ0v) is 18.2. The Labute approximate surface area is 187 Å². The van der Waals surface area contributed by atoms with Gasteiger partial charge in [-0.1, -0.05) is 62.4 Å². The van der Waals surface area contributed by atoms with E-state index in [-0.39, 0.29) is 36.2 Å². The maximum atomic E-state index is 12.6. The summed E-state index contributed by atoms with van der Waals surface area (Å²) in [5.74, 6) is -1.79. The second-order valence-electron chi connectivity index (χ2n) is 8.88. The van der Waals surface area contributed by atoms with Crippen molar-refractivity contribution in [3.63, 3.8) is 0 Å². The van der Waals surface area contributed by atoms with Crippen LogP contribution < -0.4 is 10.6 Å². The zero-order valence-electron chi connectivity index (χ0n) is 18.2. The molecule has 1 saturated carbocycles. The number of carboxylic acids is 1. The molecule has 32 heavy (non-hydrogen) atoms. The minimum atomic E-state index is -0.832. The Morgan fingerprint density at radius 3 is 2.16 bits per heavy atom. The molecule has 3 N–H and O–H groups in total. The highest BCUT2D eigenvalue weighted by atomic mass is 16.5. The number of ether oxygens (including phenoxy) is 1. The van der Waals surface area contributed by atoms with E-state index < -0.39 is 18.1 Å². The molecule has 2 aromatic carbocycles. The third kappa shape index (κ3) is 4.47. The van der Waals surface area contributed by atoms with E-state index >= 15 is 0 Å². The molecule has 1 fully saturated rings. The van der Waals surface area contributed by atoms with Gasteiger partial charge in [-0.25, -0.2) is 4.79 Å². The number of benzene rings is 2. The third-order valence-corrected chi connectivity index (χ3v) is 6.34. The van der Waals surface area contributed by atoms with Crippen molar-refractivity contribution in [1.29, 1.82) is 0 Å². The first kappa shape index (κ1) is 21.9. The van der Waals surface area contributed by atoms with Crippen LogP contribution in [0.4, 0.5) is 4.79 Å². The third-order valence-electron chi connectivity index (χ3n) is 6.34. The van der Waals surface area contributed by atoms with Crippen molar-refractivity contribution in [2.45, 2.75) is 32.2 Å². The molecule has 2 aliphatic carbocycles. The van der Waals surface area contributed by atoms with Gasteiger partial charge in [0.2, 0.25) is 5.91 Å². The number of hydrogen-bond donors (Lipinski definition) is 3. The van der Waals surface area contributed by atoms with Gasteiger partial charge in [0.15, 0.2) is 0 Å². The van der Waals surface area contributed by atoms with E-state index in [0.717, 1.165) is 22.3 Å². The lowest BCUT2D eigenvalue weighted by molar-refractivity contribution is -0.139. The van der Waals surface area contributed by atoms with Gasteiger partial charge in [0, 0.05) is 12.5 Å². The number of alkyl carbamates (subject to hydrolysis) is 1. The number of carboxylic acid groups (broad SMARTS) is 1. The van der Waals surface area contributed by atoms with Gasteiger partial charge in [-0.2, -0.15) is 0 Å². The molecule has 7 heteroatoms. The number of hydrogen-bond acceptors (Lipinski definition) is 4. The molecule has 0 radical (unpaired) electrons. The van der Waals surface area contributed by atoms with Gasteiger partial charge in [-0.3, -0.25) is 9.59 Å². The van der Waals surface area contributed by atoms with Gasteiger partial charge in [0.05, 0.1) is 5.92 Å². The lowest BCUT2D eigenvalue weighted by Crippen LogP contribution is -2.50. The fourth-order valence-corrected chi connectivity index (χ4v) is 4.42. The molecule has 1 unspecified atom stereocenters. The fourth-order valence-electron chi connectivity index (χ4n) is 4.42. The van der Waals surface area contributed by atoms with Crippen LogP contribution in [0.1, 0.15) is 37.3 Å². The molecule has 0 spiro atoms. The molecule has 0 aliphatic heterocycles. The molecule has 0 saturated heterocycles. The highest BCUT2D eigenvalue weighted by Crippen LogP contribution is 2.44. The molecule has 0 bridgehead atoms. The number of rotatable bonds is 8. The highest BCUT2D eigenvalue weighted by molar-refractivity contribution is 5.86. The first-order valence-corrected chi connectivity index (χ1v) is 11.0. The second-order valence-corrected chi connectivity index (χ2v) is 8.88. The Morgan fingerprint density at radius 2 is 1.62 bits per heavy atom.